The first-order chi connectivity index (χ1) is 9.20. The monoisotopic (exact) mass is 283 g/mol. The summed E-state index contributed by atoms with van der Waals surface area (Å²) in [6, 6.07) is 4.04. The predicted octanol–water partition coefficient (Wildman–Crippen LogP) is 3.10. The standard InChI is InChI=1S/C13H15F2N3S/c1-2-5-16-12(13-8-17-18-19-13)7-9-3-4-10(14)11(15)6-9/h3-4,6,8,12,16H,2,5,7H2,1H3. The Morgan fingerprint density at radius 3 is 2.79 bits per heavy atom. The molecule has 2 aromatic rings. The van der Waals surface area contributed by atoms with E-state index in [4.69, 9.17) is 0 Å². The van der Waals surface area contributed by atoms with Crippen LogP contribution in [0.5, 0.6) is 0 Å². The highest BCUT2D eigenvalue weighted by Gasteiger charge is 2.15. The lowest BCUT2D eigenvalue weighted by molar-refractivity contribution is 0.501. The Bertz CT molecular complexity index is 517. The van der Waals surface area contributed by atoms with Gasteiger partial charge in [-0.05, 0) is 48.6 Å². The quantitative estimate of drug-likeness (QED) is 0.885. The van der Waals surface area contributed by atoms with Crippen LogP contribution in [0.2, 0.25) is 0 Å². The Kier molecular flexibility index (Phi) is 4.93. The van der Waals surface area contributed by atoms with Crippen LogP contribution in [0.1, 0.15) is 29.8 Å². The molecule has 19 heavy (non-hydrogen) atoms. The normalized spacial score (nSPS) is 12.6. The van der Waals surface area contributed by atoms with Gasteiger partial charge in [0.2, 0.25) is 0 Å². The van der Waals surface area contributed by atoms with E-state index in [1.807, 2.05) is 0 Å². The van der Waals surface area contributed by atoms with Crippen molar-refractivity contribution < 1.29 is 8.78 Å². The second-order valence-corrected chi connectivity index (χ2v) is 5.10. The van der Waals surface area contributed by atoms with E-state index in [1.165, 1.54) is 17.6 Å². The fourth-order valence-corrected chi connectivity index (χ4v) is 2.40. The molecule has 0 radical (unpaired) electrons. The topological polar surface area (TPSA) is 37.8 Å². The fraction of sp³-hybridized carbons (Fsp3) is 0.385. The first-order valence-electron chi connectivity index (χ1n) is 6.15. The lowest BCUT2D eigenvalue weighted by Crippen LogP contribution is -2.23. The predicted molar refractivity (Wildman–Crippen MR) is 71.0 cm³/mol. The number of nitrogens with zero attached hydrogens (tertiary/aromatic N) is 2. The zero-order chi connectivity index (χ0) is 13.7. The molecule has 0 saturated heterocycles. The Morgan fingerprint density at radius 1 is 1.32 bits per heavy atom. The van der Waals surface area contributed by atoms with Gasteiger partial charge in [0.1, 0.15) is 0 Å². The first kappa shape index (κ1) is 14.0. The maximum absolute atomic E-state index is 13.2. The lowest BCUT2D eigenvalue weighted by atomic mass is 10.0. The van der Waals surface area contributed by atoms with Gasteiger partial charge >= 0.3 is 0 Å². The molecule has 0 bridgehead atoms. The minimum absolute atomic E-state index is 0.0322. The highest BCUT2D eigenvalue weighted by molar-refractivity contribution is 7.05. The molecule has 102 valence electrons. The highest BCUT2D eigenvalue weighted by Crippen LogP contribution is 2.21. The number of rotatable bonds is 6. The highest BCUT2D eigenvalue weighted by atomic mass is 32.1. The number of hydrogen-bond donors (Lipinski definition) is 1. The molecule has 3 nitrogen and oxygen atoms in total. The molecule has 1 aromatic carbocycles. The minimum atomic E-state index is -0.818. The molecular weight excluding hydrogens is 268 g/mol. The van der Waals surface area contributed by atoms with Gasteiger partial charge in [0.05, 0.1) is 11.1 Å². The van der Waals surface area contributed by atoms with Crippen LogP contribution in [0.25, 0.3) is 0 Å². The molecule has 1 atom stereocenters. The molecule has 1 N–H and O–H groups in total. The number of benzene rings is 1. The molecule has 0 spiro atoms. The van der Waals surface area contributed by atoms with Crippen molar-refractivity contribution in [2.45, 2.75) is 25.8 Å². The van der Waals surface area contributed by atoms with E-state index in [0.29, 0.717) is 6.42 Å². The van der Waals surface area contributed by atoms with Crippen LogP contribution >= 0.6 is 11.5 Å². The van der Waals surface area contributed by atoms with Gasteiger partial charge < -0.3 is 5.32 Å². The second-order valence-electron chi connectivity index (χ2n) is 4.28. The zero-order valence-corrected chi connectivity index (χ0v) is 11.4. The van der Waals surface area contributed by atoms with E-state index < -0.39 is 11.6 Å². The van der Waals surface area contributed by atoms with E-state index in [9.17, 15) is 8.78 Å². The number of nitrogens with one attached hydrogen (secondary N) is 1. The van der Waals surface area contributed by atoms with E-state index in [2.05, 4.69) is 21.8 Å². The van der Waals surface area contributed by atoms with Crippen molar-refractivity contribution in [2.75, 3.05) is 6.54 Å². The number of halogens is 2. The summed E-state index contributed by atoms with van der Waals surface area (Å²) in [5.74, 6) is -1.63. The minimum Gasteiger partial charge on any atom is -0.309 e. The van der Waals surface area contributed by atoms with Crippen LogP contribution in [0.15, 0.2) is 24.4 Å². The summed E-state index contributed by atoms with van der Waals surface area (Å²) in [4.78, 5) is 0.998. The van der Waals surface area contributed by atoms with Crippen LogP contribution in [0.4, 0.5) is 8.78 Å². The first-order valence-corrected chi connectivity index (χ1v) is 6.92. The van der Waals surface area contributed by atoms with Gasteiger partial charge in [-0.15, -0.1) is 5.10 Å². The molecule has 0 fully saturated rings. The van der Waals surface area contributed by atoms with Crippen LogP contribution < -0.4 is 5.32 Å². The molecule has 1 heterocycles. The molecule has 6 heteroatoms. The van der Waals surface area contributed by atoms with Crippen molar-refractivity contribution in [2.24, 2.45) is 0 Å². The van der Waals surface area contributed by atoms with E-state index in [1.54, 1.807) is 12.3 Å². The van der Waals surface area contributed by atoms with E-state index in [0.717, 1.165) is 29.5 Å². The summed E-state index contributed by atoms with van der Waals surface area (Å²) in [5, 5.41) is 7.19. The average Bonchev–Trinajstić information content (AvgIpc) is 2.92. The van der Waals surface area contributed by atoms with Gasteiger partial charge in [-0.3, -0.25) is 0 Å². The Hall–Kier alpha value is -1.40. The van der Waals surface area contributed by atoms with Crippen molar-refractivity contribution >= 4 is 11.5 Å². The van der Waals surface area contributed by atoms with Gasteiger partial charge in [-0.2, -0.15) is 0 Å². The maximum atomic E-state index is 13.2. The van der Waals surface area contributed by atoms with Crippen LogP contribution in [0.3, 0.4) is 0 Å². The van der Waals surface area contributed by atoms with Crippen molar-refractivity contribution in [1.82, 2.24) is 14.9 Å². The fourth-order valence-electron chi connectivity index (χ4n) is 1.82. The van der Waals surface area contributed by atoms with Crippen LogP contribution in [0, 0.1) is 11.6 Å². The number of hydrogen-bond acceptors (Lipinski definition) is 4. The summed E-state index contributed by atoms with van der Waals surface area (Å²) in [6.07, 6.45) is 3.29. The van der Waals surface area contributed by atoms with Gasteiger partial charge in [0.15, 0.2) is 11.6 Å². The average molecular weight is 283 g/mol. The summed E-state index contributed by atoms with van der Waals surface area (Å²) in [6.45, 7) is 2.93. The summed E-state index contributed by atoms with van der Waals surface area (Å²) in [5.41, 5.74) is 0.751. The van der Waals surface area contributed by atoms with Gasteiger partial charge in [-0.1, -0.05) is 17.5 Å². The van der Waals surface area contributed by atoms with E-state index in [-0.39, 0.29) is 6.04 Å². The molecule has 0 amide bonds. The molecule has 1 unspecified atom stereocenters. The zero-order valence-electron chi connectivity index (χ0n) is 10.6. The molecular formula is C13H15F2N3S. The van der Waals surface area contributed by atoms with Crippen molar-refractivity contribution in [1.29, 1.82) is 0 Å². The molecule has 1 aromatic heterocycles. The second kappa shape index (κ2) is 6.68. The van der Waals surface area contributed by atoms with Crippen molar-refractivity contribution in [3.05, 3.63) is 46.5 Å². The summed E-state index contributed by atoms with van der Waals surface area (Å²) in [7, 11) is 0. The lowest BCUT2D eigenvalue weighted by Gasteiger charge is -2.16. The third-order valence-corrected chi connectivity index (χ3v) is 3.56. The third-order valence-electron chi connectivity index (χ3n) is 2.79. The van der Waals surface area contributed by atoms with Gasteiger partial charge in [0.25, 0.3) is 0 Å². The van der Waals surface area contributed by atoms with Crippen LogP contribution in [-0.4, -0.2) is 16.1 Å². The van der Waals surface area contributed by atoms with Crippen molar-refractivity contribution in [3.63, 3.8) is 0 Å². The summed E-state index contributed by atoms with van der Waals surface area (Å²) < 4.78 is 30.0. The Morgan fingerprint density at radius 2 is 2.16 bits per heavy atom. The Labute approximate surface area is 114 Å². The molecule has 2 rings (SSSR count). The Balaban J connectivity index is 2.13. The van der Waals surface area contributed by atoms with Crippen molar-refractivity contribution in [3.8, 4) is 0 Å². The molecule has 0 aliphatic rings. The molecule has 0 aliphatic heterocycles. The maximum Gasteiger partial charge on any atom is 0.159 e. The largest absolute Gasteiger partial charge is 0.309 e. The summed E-state index contributed by atoms with van der Waals surface area (Å²) >= 11 is 1.32. The van der Waals surface area contributed by atoms with Gasteiger partial charge in [0, 0.05) is 6.04 Å². The molecule has 0 aliphatic carbocycles. The van der Waals surface area contributed by atoms with Gasteiger partial charge in [-0.25, -0.2) is 8.78 Å². The van der Waals surface area contributed by atoms with Crippen LogP contribution in [-0.2, 0) is 6.42 Å². The third kappa shape index (κ3) is 3.78. The van der Waals surface area contributed by atoms with E-state index >= 15 is 0 Å². The number of aromatic nitrogens is 2. The smallest absolute Gasteiger partial charge is 0.159 e. The SMILES string of the molecule is CCCNC(Cc1ccc(F)c(F)c1)c1cnns1. The molecule has 0 saturated carbocycles.